The van der Waals surface area contributed by atoms with Crippen LogP contribution in [0.25, 0.3) is 0 Å². The molecule has 2 nitrogen and oxygen atoms in total. The second kappa shape index (κ2) is 8.92. The minimum atomic E-state index is 1.10. The standard InChI is InChI=1S/C8H20N2/c1-3-5-7-9-10-8-6-4-2/h9-10H,3-8H2,1-2H3. The molecule has 0 rings (SSSR count). The summed E-state index contributed by atoms with van der Waals surface area (Å²) in [5, 5.41) is 0. The molecule has 0 bridgehead atoms. The Balaban J connectivity index is 2.65. The highest BCUT2D eigenvalue weighted by Crippen LogP contribution is 1.82. The lowest BCUT2D eigenvalue weighted by atomic mass is 10.3. The topological polar surface area (TPSA) is 24.1 Å². The van der Waals surface area contributed by atoms with Crippen molar-refractivity contribution in [3.8, 4) is 0 Å². The average molecular weight is 144 g/mol. The molecule has 0 saturated carbocycles. The zero-order chi connectivity index (χ0) is 7.66. The van der Waals surface area contributed by atoms with Crippen molar-refractivity contribution in [3.63, 3.8) is 0 Å². The third kappa shape index (κ3) is 7.92. The first-order chi connectivity index (χ1) is 4.91. The van der Waals surface area contributed by atoms with E-state index in [-0.39, 0.29) is 0 Å². The summed E-state index contributed by atoms with van der Waals surface area (Å²) in [6.07, 6.45) is 5.06. The molecule has 2 heteroatoms. The van der Waals surface area contributed by atoms with Gasteiger partial charge in [0.1, 0.15) is 0 Å². The van der Waals surface area contributed by atoms with Crippen LogP contribution in [0.4, 0.5) is 0 Å². The van der Waals surface area contributed by atoms with Crippen LogP contribution >= 0.6 is 0 Å². The molecule has 0 fully saturated rings. The van der Waals surface area contributed by atoms with Crippen molar-refractivity contribution in [1.29, 1.82) is 0 Å². The first kappa shape index (κ1) is 9.92. The van der Waals surface area contributed by atoms with E-state index in [1.165, 1.54) is 25.7 Å². The van der Waals surface area contributed by atoms with Crippen LogP contribution in [-0.4, -0.2) is 13.1 Å². The number of hydrogen-bond donors (Lipinski definition) is 2. The van der Waals surface area contributed by atoms with Gasteiger partial charge in [0, 0.05) is 13.1 Å². The molecule has 0 aliphatic heterocycles. The van der Waals surface area contributed by atoms with Crippen LogP contribution < -0.4 is 10.9 Å². The monoisotopic (exact) mass is 144 g/mol. The highest BCUT2D eigenvalue weighted by molar-refractivity contribution is 4.41. The second-order valence-corrected chi connectivity index (χ2v) is 2.56. The van der Waals surface area contributed by atoms with Gasteiger partial charge in [-0.25, -0.2) is 0 Å². The summed E-state index contributed by atoms with van der Waals surface area (Å²) in [6.45, 7) is 6.60. The molecule has 10 heavy (non-hydrogen) atoms. The summed E-state index contributed by atoms with van der Waals surface area (Å²) < 4.78 is 0. The maximum Gasteiger partial charge on any atom is 0.00996 e. The molecule has 0 heterocycles. The Hall–Kier alpha value is -0.0800. The number of unbranched alkanes of at least 4 members (excludes halogenated alkanes) is 2. The fourth-order valence-corrected chi connectivity index (χ4v) is 0.707. The van der Waals surface area contributed by atoms with Crippen molar-refractivity contribution >= 4 is 0 Å². The molecule has 0 radical (unpaired) electrons. The predicted octanol–water partition coefficient (Wildman–Crippen LogP) is 1.68. The summed E-state index contributed by atoms with van der Waals surface area (Å²) in [4.78, 5) is 0. The van der Waals surface area contributed by atoms with E-state index in [1.54, 1.807) is 0 Å². The fraction of sp³-hybridized carbons (Fsp3) is 1.00. The molecule has 0 aliphatic carbocycles. The van der Waals surface area contributed by atoms with Crippen LogP contribution in [0.15, 0.2) is 0 Å². The van der Waals surface area contributed by atoms with Gasteiger partial charge in [-0.2, -0.15) is 0 Å². The Morgan fingerprint density at radius 1 is 0.800 bits per heavy atom. The normalized spacial score (nSPS) is 10.2. The third-order valence-electron chi connectivity index (χ3n) is 1.44. The zero-order valence-corrected chi connectivity index (χ0v) is 7.24. The summed E-state index contributed by atoms with van der Waals surface area (Å²) in [5.41, 5.74) is 6.34. The number of hydrogen-bond acceptors (Lipinski definition) is 2. The Kier molecular flexibility index (Phi) is 8.85. The SMILES string of the molecule is CCCCNNCCCC. The smallest absolute Gasteiger partial charge is 0.00996 e. The molecular weight excluding hydrogens is 124 g/mol. The lowest BCUT2D eigenvalue weighted by Gasteiger charge is -2.03. The fourth-order valence-electron chi connectivity index (χ4n) is 0.707. The Morgan fingerprint density at radius 3 is 1.50 bits per heavy atom. The van der Waals surface area contributed by atoms with E-state index >= 15 is 0 Å². The minimum absolute atomic E-state index is 1.10. The molecule has 0 saturated heterocycles. The van der Waals surface area contributed by atoms with Gasteiger partial charge >= 0.3 is 0 Å². The predicted molar refractivity (Wildman–Crippen MR) is 45.8 cm³/mol. The lowest BCUT2D eigenvalue weighted by Crippen LogP contribution is -2.33. The van der Waals surface area contributed by atoms with Gasteiger partial charge in [-0.1, -0.05) is 26.7 Å². The van der Waals surface area contributed by atoms with Crippen molar-refractivity contribution in [2.75, 3.05) is 13.1 Å². The van der Waals surface area contributed by atoms with Gasteiger partial charge < -0.3 is 0 Å². The Bertz CT molecular complexity index is 47.2. The number of nitrogens with one attached hydrogen (secondary N) is 2. The summed E-state index contributed by atoms with van der Waals surface area (Å²) in [5.74, 6) is 0. The van der Waals surface area contributed by atoms with Gasteiger partial charge in [-0.15, -0.1) is 0 Å². The molecule has 0 amide bonds. The van der Waals surface area contributed by atoms with Crippen LogP contribution in [0.3, 0.4) is 0 Å². The number of rotatable bonds is 7. The van der Waals surface area contributed by atoms with E-state index in [4.69, 9.17) is 0 Å². The lowest BCUT2D eigenvalue weighted by molar-refractivity contribution is 0.506. The van der Waals surface area contributed by atoms with E-state index in [9.17, 15) is 0 Å². The van der Waals surface area contributed by atoms with Crippen LogP contribution in [0.1, 0.15) is 39.5 Å². The molecule has 0 unspecified atom stereocenters. The van der Waals surface area contributed by atoms with E-state index in [0.29, 0.717) is 0 Å². The molecule has 0 spiro atoms. The van der Waals surface area contributed by atoms with Crippen molar-refractivity contribution < 1.29 is 0 Å². The van der Waals surface area contributed by atoms with Gasteiger partial charge in [0.2, 0.25) is 0 Å². The van der Waals surface area contributed by atoms with Gasteiger partial charge in [-0.05, 0) is 12.8 Å². The van der Waals surface area contributed by atoms with E-state index in [1.807, 2.05) is 0 Å². The van der Waals surface area contributed by atoms with Crippen LogP contribution in [0, 0.1) is 0 Å². The van der Waals surface area contributed by atoms with E-state index in [2.05, 4.69) is 24.7 Å². The zero-order valence-electron chi connectivity index (χ0n) is 7.24. The van der Waals surface area contributed by atoms with Crippen molar-refractivity contribution in [2.24, 2.45) is 0 Å². The highest BCUT2D eigenvalue weighted by atomic mass is 15.3. The second-order valence-electron chi connectivity index (χ2n) is 2.56. The molecule has 0 aromatic rings. The van der Waals surface area contributed by atoms with Gasteiger partial charge in [0.05, 0.1) is 0 Å². The number of hydrazine groups is 1. The van der Waals surface area contributed by atoms with Crippen LogP contribution in [0.2, 0.25) is 0 Å². The maximum absolute atomic E-state index is 3.17. The molecule has 0 atom stereocenters. The molecule has 62 valence electrons. The van der Waals surface area contributed by atoms with Gasteiger partial charge in [-0.3, -0.25) is 10.9 Å². The Labute approximate surface area is 64.4 Å². The molecule has 0 aliphatic rings. The van der Waals surface area contributed by atoms with Crippen LogP contribution in [-0.2, 0) is 0 Å². The van der Waals surface area contributed by atoms with Crippen molar-refractivity contribution in [1.82, 2.24) is 10.9 Å². The minimum Gasteiger partial charge on any atom is -0.258 e. The van der Waals surface area contributed by atoms with E-state index < -0.39 is 0 Å². The first-order valence-electron chi connectivity index (χ1n) is 4.37. The summed E-state index contributed by atoms with van der Waals surface area (Å²) in [7, 11) is 0. The quantitative estimate of drug-likeness (QED) is 0.419. The highest BCUT2D eigenvalue weighted by Gasteiger charge is 1.83. The maximum atomic E-state index is 3.17. The molecule has 0 aromatic carbocycles. The third-order valence-corrected chi connectivity index (χ3v) is 1.44. The average Bonchev–Trinajstić information content (AvgIpc) is 1.97. The van der Waals surface area contributed by atoms with Crippen LogP contribution in [0.5, 0.6) is 0 Å². The summed E-state index contributed by atoms with van der Waals surface area (Å²) >= 11 is 0. The van der Waals surface area contributed by atoms with Crippen molar-refractivity contribution in [3.05, 3.63) is 0 Å². The van der Waals surface area contributed by atoms with Crippen molar-refractivity contribution in [2.45, 2.75) is 39.5 Å². The molecular formula is C8H20N2. The van der Waals surface area contributed by atoms with Gasteiger partial charge in [0.15, 0.2) is 0 Å². The first-order valence-corrected chi connectivity index (χ1v) is 4.37. The summed E-state index contributed by atoms with van der Waals surface area (Å²) in [6, 6.07) is 0. The largest absolute Gasteiger partial charge is 0.258 e. The molecule has 2 N–H and O–H groups in total. The van der Waals surface area contributed by atoms with E-state index in [0.717, 1.165) is 13.1 Å². The Morgan fingerprint density at radius 2 is 1.20 bits per heavy atom. The van der Waals surface area contributed by atoms with Gasteiger partial charge in [0.25, 0.3) is 0 Å². The molecule has 0 aromatic heterocycles.